The van der Waals surface area contributed by atoms with Gasteiger partial charge in [-0.05, 0) is 18.4 Å². The maximum Gasteiger partial charge on any atom is 0.233 e. The SMILES string of the molecule is O=C1C2CCCCC2C(=O)N1CC(c1ccccc1)C1CO1. The summed E-state index contributed by atoms with van der Waals surface area (Å²) < 4.78 is 5.48. The van der Waals surface area contributed by atoms with Crippen molar-refractivity contribution in [3.63, 3.8) is 0 Å². The average Bonchev–Trinajstić information content (AvgIpc) is 3.37. The van der Waals surface area contributed by atoms with Crippen LogP contribution in [0.5, 0.6) is 0 Å². The number of rotatable bonds is 4. The monoisotopic (exact) mass is 299 g/mol. The van der Waals surface area contributed by atoms with E-state index in [1.54, 1.807) is 0 Å². The molecular weight excluding hydrogens is 278 g/mol. The quantitative estimate of drug-likeness (QED) is 0.633. The molecule has 0 radical (unpaired) electrons. The van der Waals surface area contributed by atoms with Crippen molar-refractivity contribution in [2.75, 3.05) is 13.2 Å². The van der Waals surface area contributed by atoms with Gasteiger partial charge in [-0.3, -0.25) is 14.5 Å². The number of hydrogen-bond donors (Lipinski definition) is 0. The van der Waals surface area contributed by atoms with Crippen LogP contribution in [0.3, 0.4) is 0 Å². The third kappa shape index (κ3) is 2.35. The lowest BCUT2D eigenvalue weighted by molar-refractivity contribution is -0.140. The van der Waals surface area contributed by atoms with Crippen LogP contribution in [-0.2, 0) is 14.3 Å². The molecule has 22 heavy (non-hydrogen) atoms. The van der Waals surface area contributed by atoms with Gasteiger partial charge < -0.3 is 4.74 Å². The van der Waals surface area contributed by atoms with Gasteiger partial charge >= 0.3 is 0 Å². The summed E-state index contributed by atoms with van der Waals surface area (Å²) in [4.78, 5) is 26.8. The van der Waals surface area contributed by atoms with Crippen molar-refractivity contribution in [3.05, 3.63) is 35.9 Å². The summed E-state index contributed by atoms with van der Waals surface area (Å²) in [6.07, 6.45) is 4.04. The normalized spacial score (nSPS) is 32.0. The molecule has 1 saturated carbocycles. The van der Waals surface area contributed by atoms with Gasteiger partial charge in [0.15, 0.2) is 0 Å². The predicted octanol–water partition coefficient (Wildman–Crippen LogP) is 2.34. The lowest BCUT2D eigenvalue weighted by Gasteiger charge is -2.22. The molecule has 2 amide bonds. The standard InChI is InChI=1S/C18H21NO3/c20-17-13-8-4-5-9-14(13)18(21)19(17)10-15(16-11-22-16)12-6-2-1-3-7-12/h1-3,6-7,13-16H,4-5,8-11H2. The minimum Gasteiger partial charge on any atom is -0.372 e. The lowest BCUT2D eigenvalue weighted by atomic mass is 9.81. The molecule has 0 N–H and O–H groups in total. The van der Waals surface area contributed by atoms with Crippen LogP contribution in [0.2, 0.25) is 0 Å². The van der Waals surface area contributed by atoms with Gasteiger partial charge in [0.1, 0.15) is 0 Å². The molecule has 116 valence electrons. The molecule has 4 atom stereocenters. The largest absolute Gasteiger partial charge is 0.372 e. The molecule has 3 fully saturated rings. The van der Waals surface area contributed by atoms with Crippen LogP contribution in [0.1, 0.15) is 37.2 Å². The van der Waals surface area contributed by atoms with Gasteiger partial charge in [0.25, 0.3) is 0 Å². The van der Waals surface area contributed by atoms with Crippen molar-refractivity contribution in [2.24, 2.45) is 11.8 Å². The molecule has 0 aromatic heterocycles. The van der Waals surface area contributed by atoms with Gasteiger partial charge in [-0.15, -0.1) is 0 Å². The van der Waals surface area contributed by atoms with E-state index < -0.39 is 0 Å². The maximum absolute atomic E-state index is 12.6. The summed E-state index contributed by atoms with van der Waals surface area (Å²) in [7, 11) is 0. The Morgan fingerprint density at radius 2 is 1.64 bits per heavy atom. The molecule has 4 unspecified atom stereocenters. The molecule has 2 heterocycles. The van der Waals surface area contributed by atoms with Gasteiger partial charge in [-0.2, -0.15) is 0 Å². The number of hydrogen-bond acceptors (Lipinski definition) is 3. The highest BCUT2D eigenvalue weighted by Gasteiger charge is 2.49. The van der Waals surface area contributed by atoms with E-state index in [0.29, 0.717) is 6.54 Å². The summed E-state index contributed by atoms with van der Waals surface area (Å²) >= 11 is 0. The van der Waals surface area contributed by atoms with Crippen molar-refractivity contribution in [1.29, 1.82) is 0 Å². The Kier molecular flexibility index (Phi) is 3.49. The third-order valence-corrected chi connectivity index (χ3v) is 5.35. The van der Waals surface area contributed by atoms with Crippen LogP contribution in [0.4, 0.5) is 0 Å². The highest BCUT2D eigenvalue weighted by Crippen LogP contribution is 2.40. The molecule has 2 aliphatic heterocycles. The summed E-state index contributed by atoms with van der Waals surface area (Å²) in [5.41, 5.74) is 1.15. The Balaban J connectivity index is 1.56. The summed E-state index contributed by atoms with van der Waals surface area (Å²) in [6.45, 7) is 1.20. The topological polar surface area (TPSA) is 49.9 Å². The van der Waals surface area contributed by atoms with E-state index in [2.05, 4.69) is 12.1 Å². The number of nitrogens with zero attached hydrogens (tertiary/aromatic N) is 1. The predicted molar refractivity (Wildman–Crippen MR) is 81.1 cm³/mol. The Morgan fingerprint density at radius 3 is 2.18 bits per heavy atom. The van der Waals surface area contributed by atoms with Crippen molar-refractivity contribution in [3.8, 4) is 0 Å². The molecule has 1 aromatic carbocycles. The zero-order valence-corrected chi connectivity index (χ0v) is 12.6. The minimum atomic E-state index is -0.0576. The van der Waals surface area contributed by atoms with E-state index in [1.165, 1.54) is 4.90 Å². The zero-order chi connectivity index (χ0) is 15.1. The van der Waals surface area contributed by atoms with Crippen molar-refractivity contribution < 1.29 is 14.3 Å². The van der Waals surface area contributed by atoms with Crippen LogP contribution in [-0.4, -0.2) is 36.0 Å². The Morgan fingerprint density at radius 1 is 1.05 bits per heavy atom. The smallest absolute Gasteiger partial charge is 0.233 e. The molecule has 3 aliphatic rings. The number of benzene rings is 1. The van der Waals surface area contributed by atoms with Crippen LogP contribution >= 0.6 is 0 Å². The number of epoxide rings is 1. The second kappa shape index (κ2) is 5.51. The summed E-state index contributed by atoms with van der Waals surface area (Å²) in [5, 5.41) is 0. The fraction of sp³-hybridized carbons (Fsp3) is 0.556. The first kappa shape index (κ1) is 13.9. The van der Waals surface area contributed by atoms with Crippen molar-refractivity contribution >= 4 is 11.8 Å². The summed E-state index contributed by atoms with van der Waals surface area (Å²) in [5.74, 6) is 0.0948. The van der Waals surface area contributed by atoms with Gasteiger partial charge in [-0.25, -0.2) is 0 Å². The minimum absolute atomic E-state index is 0.0521. The number of carbonyl (C=O) groups is 2. The highest BCUT2D eigenvalue weighted by atomic mass is 16.6. The molecule has 4 nitrogen and oxygen atoms in total. The number of ether oxygens (including phenoxy) is 1. The van der Waals surface area contributed by atoms with E-state index in [1.807, 2.05) is 18.2 Å². The second-order valence-corrected chi connectivity index (χ2v) is 6.67. The molecule has 4 rings (SSSR count). The van der Waals surface area contributed by atoms with Crippen LogP contribution in [0, 0.1) is 11.8 Å². The van der Waals surface area contributed by atoms with Crippen LogP contribution in [0.25, 0.3) is 0 Å². The Hall–Kier alpha value is -1.68. The first-order valence-electron chi connectivity index (χ1n) is 8.27. The average molecular weight is 299 g/mol. The Bertz CT molecular complexity index is 557. The van der Waals surface area contributed by atoms with Crippen molar-refractivity contribution in [1.82, 2.24) is 4.90 Å². The van der Waals surface area contributed by atoms with E-state index in [4.69, 9.17) is 4.74 Å². The first-order valence-corrected chi connectivity index (χ1v) is 8.27. The number of amides is 2. The molecule has 0 spiro atoms. The van der Waals surface area contributed by atoms with E-state index in [9.17, 15) is 9.59 Å². The Labute approximate surface area is 130 Å². The van der Waals surface area contributed by atoms with Crippen LogP contribution < -0.4 is 0 Å². The van der Waals surface area contributed by atoms with Crippen LogP contribution in [0.15, 0.2) is 30.3 Å². The van der Waals surface area contributed by atoms with Gasteiger partial charge in [0, 0.05) is 12.5 Å². The number of carbonyl (C=O) groups excluding carboxylic acids is 2. The van der Waals surface area contributed by atoms with Crippen molar-refractivity contribution in [2.45, 2.75) is 37.7 Å². The van der Waals surface area contributed by atoms with Gasteiger partial charge in [0.05, 0.1) is 24.5 Å². The molecule has 1 aromatic rings. The zero-order valence-electron chi connectivity index (χ0n) is 12.6. The number of likely N-dealkylation sites (tertiary alicyclic amines) is 1. The number of fused-ring (bicyclic) bond motifs is 1. The molecule has 1 aliphatic carbocycles. The van der Waals surface area contributed by atoms with E-state index in [0.717, 1.165) is 37.9 Å². The third-order valence-electron chi connectivity index (χ3n) is 5.35. The van der Waals surface area contributed by atoms with Gasteiger partial charge in [0.2, 0.25) is 11.8 Å². The van der Waals surface area contributed by atoms with E-state index in [-0.39, 0.29) is 35.7 Å². The second-order valence-electron chi connectivity index (χ2n) is 6.67. The fourth-order valence-electron chi connectivity index (χ4n) is 4.03. The summed E-state index contributed by atoms with van der Waals surface area (Å²) in [6, 6.07) is 10.1. The molecule has 0 bridgehead atoms. The molecule has 4 heteroatoms. The molecule has 2 saturated heterocycles. The fourth-order valence-corrected chi connectivity index (χ4v) is 4.03. The van der Waals surface area contributed by atoms with Gasteiger partial charge in [-0.1, -0.05) is 43.2 Å². The highest BCUT2D eigenvalue weighted by molar-refractivity contribution is 6.05. The lowest BCUT2D eigenvalue weighted by Crippen LogP contribution is -2.36. The number of imide groups is 1. The first-order chi connectivity index (χ1) is 10.8. The maximum atomic E-state index is 12.6. The van der Waals surface area contributed by atoms with E-state index >= 15 is 0 Å². The molecular formula is C18H21NO3.